The number of aromatic nitrogens is 5. The molecule has 1 aromatic carbocycles. The van der Waals surface area contributed by atoms with Gasteiger partial charge in [-0.25, -0.2) is 14.6 Å². The van der Waals surface area contributed by atoms with Crippen LogP contribution in [0.15, 0.2) is 53.3 Å². The third kappa shape index (κ3) is 8.59. The van der Waals surface area contributed by atoms with Gasteiger partial charge in [-0.15, -0.1) is 10.2 Å². The van der Waals surface area contributed by atoms with Gasteiger partial charge in [0.2, 0.25) is 5.89 Å². The zero-order chi connectivity index (χ0) is 34.9. The molecule has 11 nitrogen and oxygen atoms in total. The molecule has 0 unspecified atom stereocenters. The molecule has 0 aliphatic carbocycles. The minimum atomic E-state index is -5.08. The van der Waals surface area contributed by atoms with Crippen LogP contribution < -0.4 is 0 Å². The van der Waals surface area contributed by atoms with Gasteiger partial charge in [0.05, 0.1) is 17.2 Å². The predicted molar refractivity (Wildman–Crippen MR) is 156 cm³/mol. The van der Waals surface area contributed by atoms with Crippen LogP contribution in [-0.4, -0.2) is 76.6 Å². The van der Waals surface area contributed by atoms with E-state index in [9.17, 15) is 26.3 Å². The Kier molecular flexibility index (Phi) is 9.91. The summed E-state index contributed by atoms with van der Waals surface area (Å²) in [5.74, 6) is -4.09. The average molecular weight is 689 g/mol. The first kappa shape index (κ1) is 35.2. The van der Waals surface area contributed by atoms with Gasteiger partial charge < -0.3 is 19.2 Å². The molecule has 1 aliphatic rings. The number of aryl methyl sites for hydroxylation is 1. The number of nitrogens with zero attached hydrogens (tertiary/aromatic N) is 6. The summed E-state index contributed by atoms with van der Waals surface area (Å²) in [5, 5.41) is 23.5. The first-order valence-electron chi connectivity index (χ1n) is 13.6. The van der Waals surface area contributed by atoms with Crippen LogP contribution in [0, 0.1) is 12.3 Å². The van der Waals surface area contributed by atoms with E-state index < -0.39 is 24.3 Å². The van der Waals surface area contributed by atoms with Gasteiger partial charge in [0.25, 0.3) is 0 Å². The van der Waals surface area contributed by atoms with E-state index in [0.29, 0.717) is 17.9 Å². The molecule has 0 bridgehead atoms. The second-order valence-electron chi connectivity index (χ2n) is 11.4. The maximum absolute atomic E-state index is 10.6. The number of likely N-dealkylation sites (tertiary alicyclic amines) is 1. The molecule has 18 heteroatoms. The summed E-state index contributed by atoms with van der Waals surface area (Å²) in [5.41, 5.74) is 6.59. The van der Waals surface area contributed by atoms with E-state index in [1.165, 1.54) is 5.56 Å². The van der Waals surface area contributed by atoms with E-state index in [2.05, 4.69) is 67.2 Å². The van der Waals surface area contributed by atoms with E-state index in [1.54, 1.807) is 12.5 Å². The molecular weight excluding hydrogens is 662 g/mol. The Morgan fingerprint density at radius 1 is 0.915 bits per heavy atom. The SMILES string of the molecule is Cc1nnc2ccc3c(cc(-c4ncco4)n3Cc3cc(Cl)cc(CN4CC(C)(C)C4)c3)n12.O=C(O)C(F)(F)F.O=C(O)C(F)(F)F. The van der Waals surface area contributed by atoms with Crippen LogP contribution in [0.1, 0.15) is 30.8 Å². The molecule has 1 saturated heterocycles. The van der Waals surface area contributed by atoms with E-state index in [-0.39, 0.29) is 0 Å². The summed E-state index contributed by atoms with van der Waals surface area (Å²) >= 11 is 6.55. The second-order valence-corrected chi connectivity index (χ2v) is 11.8. The van der Waals surface area contributed by atoms with Crippen molar-refractivity contribution in [3.63, 3.8) is 0 Å². The Balaban J connectivity index is 0.000000301. The lowest BCUT2D eigenvalue weighted by atomic mass is 9.84. The fourth-order valence-corrected chi connectivity index (χ4v) is 5.44. The van der Waals surface area contributed by atoms with Gasteiger partial charge in [0, 0.05) is 31.2 Å². The number of carbonyl (C=O) groups is 2. The number of hydrogen-bond donors (Lipinski definition) is 2. The minimum Gasteiger partial charge on any atom is -0.475 e. The highest BCUT2D eigenvalue weighted by Gasteiger charge is 2.39. The van der Waals surface area contributed by atoms with Crippen LogP contribution >= 0.6 is 11.6 Å². The average Bonchev–Trinajstić information content (AvgIpc) is 3.66. The van der Waals surface area contributed by atoms with Gasteiger partial charge in [-0.1, -0.05) is 31.5 Å². The third-order valence-electron chi connectivity index (χ3n) is 6.80. The number of rotatable bonds is 5. The number of oxazole rings is 1. The van der Waals surface area contributed by atoms with Crippen LogP contribution in [0.2, 0.25) is 5.02 Å². The number of aliphatic carboxylic acids is 2. The van der Waals surface area contributed by atoms with Crippen LogP contribution in [0.5, 0.6) is 0 Å². The molecule has 47 heavy (non-hydrogen) atoms. The molecule has 2 N–H and O–H groups in total. The molecule has 5 aromatic rings. The first-order valence-corrected chi connectivity index (χ1v) is 14.0. The summed E-state index contributed by atoms with van der Waals surface area (Å²) in [4.78, 5) is 24.7. The first-order chi connectivity index (χ1) is 21.7. The molecule has 5 heterocycles. The molecule has 0 spiro atoms. The molecule has 1 aliphatic heterocycles. The van der Waals surface area contributed by atoms with Crippen molar-refractivity contribution in [2.75, 3.05) is 13.1 Å². The van der Waals surface area contributed by atoms with Crippen molar-refractivity contribution in [1.29, 1.82) is 0 Å². The molecule has 0 saturated carbocycles. The topological polar surface area (TPSA) is 139 Å². The number of fused-ring (bicyclic) bond motifs is 3. The number of pyridine rings is 1. The van der Waals surface area contributed by atoms with E-state index in [1.807, 2.05) is 19.1 Å². The summed E-state index contributed by atoms with van der Waals surface area (Å²) < 4.78 is 73.4. The molecule has 1 fully saturated rings. The molecule has 4 aromatic heterocycles. The Bertz CT molecular complexity index is 1870. The normalized spacial score (nSPS) is 14.6. The van der Waals surface area contributed by atoms with Crippen molar-refractivity contribution in [3.05, 3.63) is 70.8 Å². The standard InChI is InChI=1S/C25H25ClN6O.2C2HF3O2/c1-16-28-29-23-5-4-20-21(32(16)23)11-22(24-27-6-7-33-24)31(20)13-18-8-17(9-19(26)10-18)12-30-14-25(2,3)15-30;2*3-2(4,5)1(6)7/h4-11H,12-15H2,1-3H3;2*(H,6,7). The number of carboxylic acids is 2. The van der Waals surface area contributed by atoms with Crippen LogP contribution in [0.3, 0.4) is 0 Å². The molecule has 0 atom stereocenters. The van der Waals surface area contributed by atoms with Crippen molar-refractivity contribution in [3.8, 4) is 11.6 Å². The van der Waals surface area contributed by atoms with Crippen molar-refractivity contribution in [2.24, 2.45) is 5.41 Å². The van der Waals surface area contributed by atoms with Crippen molar-refractivity contribution >= 4 is 40.2 Å². The molecule has 0 amide bonds. The summed E-state index contributed by atoms with van der Waals surface area (Å²) in [7, 11) is 0. The van der Waals surface area contributed by atoms with Gasteiger partial charge in [0.15, 0.2) is 5.65 Å². The molecule has 0 radical (unpaired) electrons. The summed E-state index contributed by atoms with van der Waals surface area (Å²) in [6.07, 6.45) is -6.90. The van der Waals surface area contributed by atoms with Gasteiger partial charge in [-0.3, -0.25) is 9.30 Å². The summed E-state index contributed by atoms with van der Waals surface area (Å²) in [6, 6.07) is 12.5. The predicted octanol–water partition coefficient (Wildman–Crippen LogP) is 6.46. The van der Waals surface area contributed by atoms with Gasteiger partial charge in [-0.05, 0) is 53.8 Å². The quantitative estimate of drug-likeness (QED) is 0.199. The Morgan fingerprint density at radius 3 is 2.00 bits per heavy atom. The number of halogens is 7. The van der Waals surface area contributed by atoms with Crippen LogP contribution in [0.4, 0.5) is 26.3 Å². The number of alkyl halides is 6. The number of benzene rings is 1. The van der Waals surface area contributed by atoms with E-state index >= 15 is 0 Å². The maximum Gasteiger partial charge on any atom is 0.490 e. The highest BCUT2D eigenvalue weighted by atomic mass is 35.5. The maximum atomic E-state index is 10.6. The van der Waals surface area contributed by atoms with Crippen molar-refractivity contribution < 1.29 is 50.6 Å². The van der Waals surface area contributed by atoms with Crippen LogP contribution in [0.25, 0.3) is 28.3 Å². The van der Waals surface area contributed by atoms with E-state index in [0.717, 1.165) is 58.4 Å². The lowest BCUT2D eigenvalue weighted by Crippen LogP contribution is -2.52. The zero-order valence-corrected chi connectivity index (χ0v) is 25.7. The minimum absolute atomic E-state index is 0.405. The van der Waals surface area contributed by atoms with Crippen molar-refractivity contribution in [1.82, 2.24) is 29.0 Å². The molecule has 252 valence electrons. The van der Waals surface area contributed by atoms with Crippen LogP contribution in [-0.2, 0) is 22.7 Å². The number of hydrogen-bond acceptors (Lipinski definition) is 7. The fraction of sp³-hybridized carbons (Fsp3) is 0.345. The lowest BCUT2D eigenvalue weighted by Gasteiger charge is -2.46. The van der Waals surface area contributed by atoms with Gasteiger partial charge in [0.1, 0.15) is 17.8 Å². The van der Waals surface area contributed by atoms with Crippen molar-refractivity contribution in [2.45, 2.75) is 46.2 Å². The second kappa shape index (κ2) is 13.2. The number of carboxylic acid groups (broad SMARTS) is 2. The Hall–Kier alpha value is -4.64. The largest absolute Gasteiger partial charge is 0.490 e. The lowest BCUT2D eigenvalue weighted by molar-refractivity contribution is -0.193. The van der Waals surface area contributed by atoms with Gasteiger partial charge in [-0.2, -0.15) is 26.3 Å². The monoisotopic (exact) mass is 688 g/mol. The third-order valence-corrected chi connectivity index (χ3v) is 7.02. The Labute approximate surface area is 267 Å². The van der Waals surface area contributed by atoms with Gasteiger partial charge >= 0.3 is 24.3 Å². The molecular formula is C29H27ClF6N6O5. The highest BCUT2D eigenvalue weighted by Crippen LogP contribution is 2.32. The summed E-state index contributed by atoms with van der Waals surface area (Å²) in [6.45, 7) is 10.4. The Morgan fingerprint density at radius 2 is 1.49 bits per heavy atom. The smallest absolute Gasteiger partial charge is 0.475 e. The molecule has 6 rings (SSSR count). The fourth-order valence-electron chi connectivity index (χ4n) is 5.16. The zero-order valence-electron chi connectivity index (χ0n) is 24.9. The van der Waals surface area contributed by atoms with E-state index in [4.69, 9.17) is 35.8 Å². The highest BCUT2D eigenvalue weighted by molar-refractivity contribution is 6.30.